The molecule has 1 aliphatic rings. The van der Waals surface area contributed by atoms with Crippen molar-refractivity contribution in [2.75, 3.05) is 5.32 Å². The van der Waals surface area contributed by atoms with Gasteiger partial charge in [0.2, 0.25) is 10.0 Å². The maximum atomic E-state index is 13.1. The van der Waals surface area contributed by atoms with Crippen LogP contribution in [0.3, 0.4) is 0 Å². The number of nitrogens with one attached hydrogen (secondary N) is 3. The lowest BCUT2D eigenvalue weighted by Gasteiger charge is -2.18. The minimum Gasteiger partial charge on any atom is -0.481 e. The van der Waals surface area contributed by atoms with Gasteiger partial charge in [0.05, 0.1) is 17.4 Å². The first-order chi connectivity index (χ1) is 16.3. The second-order valence-electron chi connectivity index (χ2n) is 8.16. The summed E-state index contributed by atoms with van der Waals surface area (Å²) in [4.78, 5) is 23.4. The van der Waals surface area contributed by atoms with Gasteiger partial charge in [0.1, 0.15) is 0 Å². The molecule has 0 bridgehead atoms. The van der Waals surface area contributed by atoms with Crippen molar-refractivity contribution >= 4 is 27.7 Å². The van der Waals surface area contributed by atoms with Crippen LogP contribution in [0.4, 0.5) is 10.5 Å². The Labute approximate surface area is 198 Å². The smallest absolute Gasteiger partial charge is 0.319 e. The maximum Gasteiger partial charge on any atom is 0.319 e. The number of amides is 2. The van der Waals surface area contributed by atoms with Crippen molar-refractivity contribution in [3.63, 3.8) is 0 Å². The number of carbonyl (C=O) groups excluding carboxylic acids is 1. The molecule has 1 fully saturated rings. The minimum absolute atomic E-state index is 0.0150. The monoisotopic (exact) mass is 479 g/mol. The second kappa shape index (κ2) is 10.1. The van der Waals surface area contributed by atoms with Crippen LogP contribution in [-0.4, -0.2) is 31.6 Å². The Hall–Kier alpha value is -3.69. The van der Waals surface area contributed by atoms with Crippen molar-refractivity contribution in [1.82, 2.24) is 10.0 Å². The van der Waals surface area contributed by atoms with E-state index in [1.165, 1.54) is 12.1 Å². The van der Waals surface area contributed by atoms with Gasteiger partial charge in [0, 0.05) is 11.7 Å². The number of carboxylic acid groups (broad SMARTS) is 1. The molecule has 3 aromatic carbocycles. The first-order valence-corrected chi connectivity index (χ1v) is 12.4. The number of aliphatic carboxylic acids is 1. The normalized spacial score (nSPS) is 14.2. The van der Waals surface area contributed by atoms with Gasteiger partial charge < -0.3 is 15.7 Å². The molecule has 1 aliphatic carbocycles. The van der Waals surface area contributed by atoms with E-state index in [4.69, 9.17) is 0 Å². The van der Waals surface area contributed by atoms with Crippen molar-refractivity contribution in [3.05, 3.63) is 84.4 Å². The van der Waals surface area contributed by atoms with Crippen LogP contribution >= 0.6 is 0 Å². The highest BCUT2D eigenvalue weighted by Crippen LogP contribution is 2.27. The molecule has 4 rings (SSSR count). The van der Waals surface area contributed by atoms with Gasteiger partial charge in [0.25, 0.3) is 0 Å². The number of hydrogen-bond acceptors (Lipinski definition) is 4. The number of urea groups is 1. The molecule has 0 heterocycles. The number of sulfonamides is 1. The van der Waals surface area contributed by atoms with Crippen molar-refractivity contribution in [3.8, 4) is 11.1 Å². The molecule has 3 aromatic rings. The zero-order chi connectivity index (χ0) is 24.1. The van der Waals surface area contributed by atoms with Crippen LogP contribution in [0.2, 0.25) is 0 Å². The number of hydrogen-bond donors (Lipinski definition) is 4. The molecule has 0 aromatic heterocycles. The Morgan fingerprint density at radius 2 is 1.59 bits per heavy atom. The van der Waals surface area contributed by atoms with E-state index in [9.17, 15) is 23.1 Å². The third-order valence-corrected chi connectivity index (χ3v) is 6.86. The summed E-state index contributed by atoms with van der Waals surface area (Å²) in [5.74, 6) is -1.11. The molecule has 34 heavy (non-hydrogen) atoms. The fourth-order valence-corrected chi connectivity index (χ4v) is 4.81. The van der Waals surface area contributed by atoms with Crippen molar-refractivity contribution in [2.24, 2.45) is 0 Å². The predicted octanol–water partition coefficient (Wildman–Crippen LogP) is 4.13. The molecule has 0 aliphatic heterocycles. The molecule has 2 amide bonds. The highest BCUT2D eigenvalue weighted by atomic mass is 32.2. The Morgan fingerprint density at radius 3 is 2.26 bits per heavy atom. The molecule has 1 atom stereocenters. The summed E-state index contributed by atoms with van der Waals surface area (Å²) in [7, 11) is -4.01. The lowest BCUT2D eigenvalue weighted by molar-refractivity contribution is -0.137. The van der Waals surface area contributed by atoms with Crippen LogP contribution in [0.1, 0.15) is 30.9 Å². The summed E-state index contributed by atoms with van der Waals surface area (Å²) < 4.78 is 28.8. The third kappa shape index (κ3) is 6.21. The average Bonchev–Trinajstić information content (AvgIpc) is 3.63. The third-order valence-electron chi connectivity index (χ3n) is 5.39. The molecule has 0 spiro atoms. The van der Waals surface area contributed by atoms with Crippen LogP contribution in [0.25, 0.3) is 11.1 Å². The van der Waals surface area contributed by atoms with E-state index < -0.39 is 22.0 Å². The zero-order valence-corrected chi connectivity index (χ0v) is 19.1. The number of carboxylic acids is 1. The number of anilines is 1. The zero-order valence-electron chi connectivity index (χ0n) is 18.3. The topological polar surface area (TPSA) is 125 Å². The first-order valence-electron chi connectivity index (χ1n) is 10.9. The van der Waals surface area contributed by atoms with E-state index in [0.29, 0.717) is 16.8 Å². The van der Waals surface area contributed by atoms with E-state index in [1.807, 2.05) is 6.07 Å². The van der Waals surface area contributed by atoms with Gasteiger partial charge >= 0.3 is 12.0 Å². The van der Waals surface area contributed by atoms with Crippen molar-refractivity contribution in [2.45, 2.75) is 36.2 Å². The van der Waals surface area contributed by atoms with Crippen molar-refractivity contribution in [1.29, 1.82) is 0 Å². The summed E-state index contributed by atoms with van der Waals surface area (Å²) >= 11 is 0. The Morgan fingerprint density at radius 1 is 0.912 bits per heavy atom. The highest BCUT2D eigenvalue weighted by Gasteiger charge is 2.24. The molecule has 4 N–H and O–H groups in total. The van der Waals surface area contributed by atoms with E-state index in [2.05, 4.69) is 15.4 Å². The molecule has 9 heteroatoms. The molecule has 1 unspecified atom stereocenters. The van der Waals surface area contributed by atoms with Gasteiger partial charge in [-0.3, -0.25) is 4.79 Å². The van der Waals surface area contributed by atoms with Crippen LogP contribution in [0.15, 0.2) is 83.8 Å². The minimum atomic E-state index is -4.01. The molecule has 0 radical (unpaired) electrons. The van der Waals surface area contributed by atoms with E-state index in [0.717, 1.165) is 18.4 Å². The van der Waals surface area contributed by atoms with E-state index in [1.54, 1.807) is 60.7 Å². The Bertz CT molecular complexity index is 1290. The van der Waals surface area contributed by atoms with Crippen molar-refractivity contribution < 1.29 is 23.1 Å². The van der Waals surface area contributed by atoms with E-state index >= 15 is 0 Å². The molecular formula is C25H25N3O5S. The lowest BCUT2D eigenvalue weighted by Crippen LogP contribution is -2.30. The van der Waals surface area contributed by atoms with Crippen LogP contribution in [-0.2, 0) is 14.8 Å². The standard InChI is InChI=1S/C25H25N3O5S/c29-24(30)16-23(17-6-2-1-3-7-17)28-34(32,33)22-11-5-9-19(15-22)18-8-4-10-21(14-18)27-25(31)26-20-12-13-20/h1-11,14-15,20,23,28H,12-13,16H2,(H,29,30)(H2,26,27,31). The fraction of sp³-hybridized carbons (Fsp3) is 0.200. The van der Waals surface area contributed by atoms with Crippen LogP contribution in [0, 0.1) is 0 Å². The van der Waals surface area contributed by atoms with Gasteiger partial charge in [-0.15, -0.1) is 0 Å². The van der Waals surface area contributed by atoms with Gasteiger partial charge in [-0.25, -0.2) is 17.9 Å². The van der Waals surface area contributed by atoms with Gasteiger partial charge in [-0.05, 0) is 53.8 Å². The lowest BCUT2D eigenvalue weighted by atomic mass is 10.1. The largest absolute Gasteiger partial charge is 0.481 e. The molecular weight excluding hydrogens is 454 g/mol. The quantitative estimate of drug-likeness (QED) is 0.367. The average molecular weight is 480 g/mol. The summed E-state index contributed by atoms with van der Waals surface area (Å²) in [6, 6.07) is 21.1. The van der Waals surface area contributed by atoms with E-state index in [-0.39, 0.29) is 23.4 Å². The number of benzene rings is 3. The molecule has 176 valence electrons. The van der Waals surface area contributed by atoms with Crippen LogP contribution in [0.5, 0.6) is 0 Å². The Kier molecular flexibility index (Phi) is 6.95. The SMILES string of the molecule is O=C(O)CC(NS(=O)(=O)c1cccc(-c2cccc(NC(=O)NC3CC3)c2)c1)c1ccccc1. The molecule has 0 saturated heterocycles. The summed E-state index contributed by atoms with van der Waals surface area (Å²) in [5, 5.41) is 14.9. The van der Waals surface area contributed by atoms with Gasteiger partial charge in [-0.1, -0.05) is 54.6 Å². The summed E-state index contributed by atoms with van der Waals surface area (Å²) in [6.45, 7) is 0. The Balaban J connectivity index is 1.55. The van der Waals surface area contributed by atoms with Crippen LogP contribution < -0.4 is 15.4 Å². The molecule has 8 nitrogen and oxygen atoms in total. The number of rotatable bonds is 9. The molecule has 1 saturated carbocycles. The van der Waals surface area contributed by atoms with Gasteiger partial charge in [0.15, 0.2) is 0 Å². The highest BCUT2D eigenvalue weighted by molar-refractivity contribution is 7.89. The summed E-state index contributed by atoms with van der Waals surface area (Å²) in [5.41, 5.74) is 2.52. The fourth-order valence-electron chi connectivity index (χ4n) is 3.54. The predicted molar refractivity (Wildman–Crippen MR) is 129 cm³/mol. The number of carbonyl (C=O) groups is 2. The van der Waals surface area contributed by atoms with Gasteiger partial charge in [-0.2, -0.15) is 0 Å². The first kappa shape index (κ1) is 23.5. The summed E-state index contributed by atoms with van der Waals surface area (Å²) in [6.07, 6.45) is 1.58. The maximum absolute atomic E-state index is 13.1. The second-order valence-corrected chi connectivity index (χ2v) is 9.88.